The summed E-state index contributed by atoms with van der Waals surface area (Å²) >= 11 is 3.46. The molecule has 0 aliphatic carbocycles. The van der Waals surface area contributed by atoms with E-state index >= 15 is 0 Å². The van der Waals surface area contributed by atoms with Crippen molar-refractivity contribution in [3.8, 4) is 5.75 Å². The van der Waals surface area contributed by atoms with Gasteiger partial charge in [-0.25, -0.2) is 4.79 Å². The molecule has 1 fully saturated rings. The number of benzene rings is 2. The predicted octanol–water partition coefficient (Wildman–Crippen LogP) is 4.22. The average Bonchev–Trinajstić information content (AvgIpc) is 2.46. The number of hydrogen-bond donors (Lipinski definition) is 1. The molecule has 0 aromatic heterocycles. The number of rotatable bonds is 1. The molecule has 1 saturated heterocycles. The first kappa shape index (κ1) is 13.6. The maximum Gasteiger partial charge on any atom is 0.325 e. The molecular weight excluding hydrogens is 344 g/mol. The van der Waals surface area contributed by atoms with Crippen LogP contribution < -0.4 is 15.0 Å². The topological polar surface area (TPSA) is 41.6 Å². The molecule has 2 aliphatic rings. The van der Waals surface area contributed by atoms with Gasteiger partial charge in [0.05, 0.1) is 11.7 Å². The fraction of sp³-hybridized carbons (Fsp3) is 0.235. The fourth-order valence-corrected chi connectivity index (χ4v) is 3.72. The highest BCUT2D eigenvalue weighted by Crippen LogP contribution is 2.45. The van der Waals surface area contributed by atoms with Gasteiger partial charge in [-0.1, -0.05) is 40.2 Å². The van der Waals surface area contributed by atoms with E-state index in [-0.39, 0.29) is 12.1 Å². The zero-order valence-corrected chi connectivity index (χ0v) is 13.6. The van der Waals surface area contributed by atoms with E-state index in [4.69, 9.17) is 4.74 Å². The third-order valence-electron chi connectivity index (χ3n) is 4.25. The molecule has 0 spiro atoms. The summed E-state index contributed by atoms with van der Waals surface area (Å²) in [5.41, 5.74) is 1.16. The van der Waals surface area contributed by atoms with E-state index < -0.39 is 5.72 Å². The Labute approximate surface area is 137 Å². The molecule has 112 valence electrons. The summed E-state index contributed by atoms with van der Waals surface area (Å²) in [4.78, 5) is 14.4. The third-order valence-corrected chi connectivity index (χ3v) is 4.74. The second-order valence-electron chi connectivity index (χ2n) is 5.84. The summed E-state index contributed by atoms with van der Waals surface area (Å²) in [5, 5.41) is 3.09. The van der Waals surface area contributed by atoms with Crippen molar-refractivity contribution in [1.82, 2.24) is 5.32 Å². The summed E-state index contributed by atoms with van der Waals surface area (Å²) in [6.45, 7) is 1.97. The van der Waals surface area contributed by atoms with E-state index in [1.165, 1.54) is 0 Å². The second kappa shape index (κ2) is 4.74. The molecule has 2 heterocycles. The van der Waals surface area contributed by atoms with Gasteiger partial charge in [0, 0.05) is 16.5 Å². The van der Waals surface area contributed by atoms with Gasteiger partial charge in [0.25, 0.3) is 0 Å². The van der Waals surface area contributed by atoms with Crippen LogP contribution in [0.5, 0.6) is 5.75 Å². The lowest BCUT2D eigenvalue weighted by Gasteiger charge is -2.50. The number of carbonyl (C=O) groups excluding carboxylic acids is 1. The second-order valence-corrected chi connectivity index (χ2v) is 6.75. The fourth-order valence-electron chi connectivity index (χ4n) is 3.33. The first-order valence-corrected chi connectivity index (χ1v) is 8.00. The zero-order chi connectivity index (χ0) is 15.3. The van der Waals surface area contributed by atoms with Gasteiger partial charge < -0.3 is 10.1 Å². The van der Waals surface area contributed by atoms with Gasteiger partial charge in [0.1, 0.15) is 5.75 Å². The van der Waals surface area contributed by atoms with E-state index in [1.807, 2.05) is 55.5 Å². The van der Waals surface area contributed by atoms with Crippen LogP contribution in [0.2, 0.25) is 0 Å². The predicted molar refractivity (Wildman–Crippen MR) is 88.0 cm³/mol. The molecule has 1 N–H and O–H groups in total. The van der Waals surface area contributed by atoms with Crippen LogP contribution in [0.15, 0.2) is 53.0 Å². The average molecular weight is 359 g/mol. The SMILES string of the molecule is C[C@@]12C[C@@H](NC(=O)N1c1cccc(Br)c1)c1ccccc1O2. The normalized spacial score (nSPS) is 26.0. The number of urea groups is 1. The number of carbonyl (C=O) groups is 1. The number of fused-ring (bicyclic) bond motifs is 4. The molecule has 0 saturated carbocycles. The van der Waals surface area contributed by atoms with E-state index in [1.54, 1.807) is 4.90 Å². The Morgan fingerprint density at radius 3 is 2.91 bits per heavy atom. The minimum Gasteiger partial charge on any atom is -0.467 e. The summed E-state index contributed by atoms with van der Waals surface area (Å²) in [6.07, 6.45) is 0.711. The van der Waals surface area contributed by atoms with Crippen LogP contribution in [0.1, 0.15) is 24.9 Å². The van der Waals surface area contributed by atoms with Crippen molar-refractivity contribution in [2.75, 3.05) is 4.90 Å². The molecule has 2 atom stereocenters. The first-order valence-electron chi connectivity index (χ1n) is 7.21. The quantitative estimate of drug-likeness (QED) is 0.829. The molecule has 5 heteroatoms. The molecule has 2 bridgehead atoms. The molecule has 2 aliphatic heterocycles. The molecule has 2 aromatic rings. The van der Waals surface area contributed by atoms with E-state index in [2.05, 4.69) is 21.2 Å². The number of para-hydroxylation sites is 1. The Hall–Kier alpha value is -2.01. The van der Waals surface area contributed by atoms with Crippen molar-refractivity contribution >= 4 is 27.6 Å². The molecule has 2 amide bonds. The molecule has 4 nitrogen and oxygen atoms in total. The Balaban J connectivity index is 1.82. The molecule has 4 rings (SSSR count). The maximum absolute atomic E-state index is 12.7. The smallest absolute Gasteiger partial charge is 0.325 e. The van der Waals surface area contributed by atoms with Crippen molar-refractivity contribution in [2.45, 2.75) is 25.1 Å². The Morgan fingerprint density at radius 1 is 1.27 bits per heavy atom. The van der Waals surface area contributed by atoms with Gasteiger partial charge in [-0.2, -0.15) is 0 Å². The Morgan fingerprint density at radius 2 is 2.09 bits per heavy atom. The highest BCUT2D eigenvalue weighted by molar-refractivity contribution is 9.10. The Kier molecular flexibility index (Phi) is 2.94. The van der Waals surface area contributed by atoms with Crippen molar-refractivity contribution in [2.24, 2.45) is 0 Å². The van der Waals surface area contributed by atoms with Crippen molar-refractivity contribution < 1.29 is 9.53 Å². The first-order chi connectivity index (χ1) is 10.6. The highest BCUT2D eigenvalue weighted by atomic mass is 79.9. The van der Waals surface area contributed by atoms with E-state index in [9.17, 15) is 4.79 Å². The lowest BCUT2D eigenvalue weighted by atomic mass is 9.90. The summed E-state index contributed by atoms with van der Waals surface area (Å²) in [6, 6.07) is 15.4. The number of anilines is 1. The molecule has 0 unspecified atom stereocenters. The van der Waals surface area contributed by atoms with Gasteiger partial charge in [-0.05, 0) is 31.2 Å². The summed E-state index contributed by atoms with van der Waals surface area (Å²) in [7, 11) is 0. The number of hydrogen-bond acceptors (Lipinski definition) is 2. The standard InChI is InChI=1S/C17H15BrN2O2/c1-17-10-14(13-7-2-3-8-15(13)22-17)19-16(21)20(17)12-6-4-5-11(18)9-12/h2-9,14H,10H2,1H3,(H,19,21)/t14-,17-/m1/s1. The summed E-state index contributed by atoms with van der Waals surface area (Å²) in [5.74, 6) is 0.834. The molecular formula is C17H15BrN2O2. The van der Waals surface area contributed by atoms with Gasteiger partial charge in [0.15, 0.2) is 5.72 Å². The minimum atomic E-state index is -0.692. The number of ether oxygens (including phenoxy) is 1. The Bertz CT molecular complexity index is 764. The van der Waals surface area contributed by atoms with Crippen molar-refractivity contribution in [1.29, 1.82) is 0 Å². The van der Waals surface area contributed by atoms with Crippen LogP contribution in [0.25, 0.3) is 0 Å². The minimum absolute atomic E-state index is 0.00847. The molecule has 22 heavy (non-hydrogen) atoms. The molecule has 0 radical (unpaired) electrons. The third kappa shape index (κ3) is 2.00. The van der Waals surface area contributed by atoms with Crippen LogP contribution >= 0.6 is 15.9 Å². The number of halogens is 1. The summed E-state index contributed by atoms with van der Waals surface area (Å²) < 4.78 is 7.15. The van der Waals surface area contributed by atoms with Crippen LogP contribution in [0.4, 0.5) is 10.5 Å². The van der Waals surface area contributed by atoms with Crippen LogP contribution in [-0.4, -0.2) is 11.8 Å². The van der Waals surface area contributed by atoms with Crippen LogP contribution in [-0.2, 0) is 0 Å². The van der Waals surface area contributed by atoms with Crippen molar-refractivity contribution in [3.05, 3.63) is 58.6 Å². The van der Waals surface area contributed by atoms with Gasteiger partial charge in [0.2, 0.25) is 0 Å². The monoisotopic (exact) mass is 358 g/mol. The van der Waals surface area contributed by atoms with Gasteiger partial charge in [-0.15, -0.1) is 0 Å². The lowest BCUT2D eigenvalue weighted by molar-refractivity contribution is 0.0379. The molecule has 2 aromatic carbocycles. The number of nitrogens with zero attached hydrogens (tertiary/aromatic N) is 1. The van der Waals surface area contributed by atoms with Crippen LogP contribution in [0, 0.1) is 0 Å². The number of amides is 2. The van der Waals surface area contributed by atoms with E-state index in [0.717, 1.165) is 21.5 Å². The van der Waals surface area contributed by atoms with Gasteiger partial charge in [-0.3, -0.25) is 4.90 Å². The lowest BCUT2D eigenvalue weighted by Crippen LogP contribution is -2.65. The van der Waals surface area contributed by atoms with Crippen molar-refractivity contribution in [3.63, 3.8) is 0 Å². The van der Waals surface area contributed by atoms with Gasteiger partial charge >= 0.3 is 6.03 Å². The highest BCUT2D eigenvalue weighted by Gasteiger charge is 2.49. The van der Waals surface area contributed by atoms with Crippen LogP contribution in [0.3, 0.4) is 0 Å². The largest absolute Gasteiger partial charge is 0.467 e. The maximum atomic E-state index is 12.7. The zero-order valence-electron chi connectivity index (χ0n) is 12.0. The number of nitrogens with one attached hydrogen (secondary N) is 1. The van der Waals surface area contributed by atoms with E-state index in [0.29, 0.717) is 6.42 Å².